The van der Waals surface area contributed by atoms with E-state index in [9.17, 15) is 9.59 Å². The summed E-state index contributed by atoms with van der Waals surface area (Å²) in [5.41, 5.74) is 1.21. The fourth-order valence-corrected chi connectivity index (χ4v) is 3.28. The molecular formula is C20H25ClN4O2. The van der Waals surface area contributed by atoms with E-state index >= 15 is 0 Å². The molecule has 0 radical (unpaired) electrons. The molecule has 0 spiro atoms. The molecule has 1 aliphatic rings. The summed E-state index contributed by atoms with van der Waals surface area (Å²) in [4.78, 5) is 28.6. The molecule has 0 aliphatic carbocycles. The van der Waals surface area contributed by atoms with Crippen molar-refractivity contribution >= 4 is 23.4 Å². The molecular weight excluding hydrogens is 364 g/mol. The molecule has 6 nitrogen and oxygen atoms in total. The molecule has 1 saturated heterocycles. The Hall–Kier alpha value is -2.34. The third kappa shape index (κ3) is 4.89. The number of aromatic nitrogens is 2. The van der Waals surface area contributed by atoms with Crippen LogP contribution in [0.4, 0.5) is 0 Å². The second kappa shape index (κ2) is 8.57. The quantitative estimate of drug-likeness (QED) is 0.790. The van der Waals surface area contributed by atoms with Gasteiger partial charge in [0.15, 0.2) is 5.69 Å². The molecule has 1 aromatic heterocycles. The summed E-state index contributed by atoms with van der Waals surface area (Å²) >= 11 is 6.02. The van der Waals surface area contributed by atoms with E-state index in [2.05, 4.69) is 18.9 Å². The Labute approximate surface area is 164 Å². The largest absolute Gasteiger partial charge is 0.339 e. The van der Waals surface area contributed by atoms with Gasteiger partial charge in [-0.25, -0.2) is 4.68 Å². The van der Waals surface area contributed by atoms with E-state index in [1.807, 2.05) is 17.0 Å². The third-order valence-corrected chi connectivity index (χ3v) is 4.97. The van der Waals surface area contributed by atoms with Gasteiger partial charge < -0.3 is 9.80 Å². The minimum Gasteiger partial charge on any atom is -0.339 e. The summed E-state index contributed by atoms with van der Waals surface area (Å²) < 4.78 is 1.64. The SMILES string of the molecule is CC(C)CCC(=O)N1CCN(C(=O)c2ccn(-c3cccc(Cl)c3)n2)CC1. The van der Waals surface area contributed by atoms with Gasteiger partial charge in [-0.05, 0) is 36.6 Å². The molecule has 0 atom stereocenters. The zero-order valence-electron chi connectivity index (χ0n) is 15.8. The molecule has 2 aromatic rings. The van der Waals surface area contributed by atoms with Gasteiger partial charge in [0, 0.05) is 43.8 Å². The van der Waals surface area contributed by atoms with Gasteiger partial charge in [0.2, 0.25) is 5.91 Å². The number of hydrogen-bond donors (Lipinski definition) is 0. The zero-order chi connectivity index (χ0) is 19.4. The van der Waals surface area contributed by atoms with Crippen molar-refractivity contribution in [1.29, 1.82) is 0 Å². The van der Waals surface area contributed by atoms with Crippen molar-refractivity contribution in [2.24, 2.45) is 5.92 Å². The van der Waals surface area contributed by atoms with Gasteiger partial charge in [0.1, 0.15) is 0 Å². The van der Waals surface area contributed by atoms with E-state index in [0.717, 1.165) is 12.1 Å². The minimum atomic E-state index is -0.106. The lowest BCUT2D eigenvalue weighted by atomic mass is 10.1. The van der Waals surface area contributed by atoms with Crippen molar-refractivity contribution < 1.29 is 9.59 Å². The first kappa shape index (κ1) is 19.4. The van der Waals surface area contributed by atoms with Crippen LogP contribution < -0.4 is 0 Å². The maximum Gasteiger partial charge on any atom is 0.274 e. The smallest absolute Gasteiger partial charge is 0.274 e. The number of rotatable bonds is 5. The second-order valence-electron chi connectivity index (χ2n) is 7.23. The monoisotopic (exact) mass is 388 g/mol. The van der Waals surface area contributed by atoms with Crippen LogP contribution in [0.3, 0.4) is 0 Å². The highest BCUT2D eigenvalue weighted by atomic mass is 35.5. The van der Waals surface area contributed by atoms with Gasteiger partial charge in [-0.15, -0.1) is 0 Å². The third-order valence-electron chi connectivity index (χ3n) is 4.74. The molecule has 27 heavy (non-hydrogen) atoms. The van der Waals surface area contributed by atoms with Gasteiger partial charge in [-0.1, -0.05) is 31.5 Å². The molecule has 144 valence electrons. The minimum absolute atomic E-state index is 0.106. The summed E-state index contributed by atoms with van der Waals surface area (Å²) in [7, 11) is 0. The number of carbonyl (C=O) groups excluding carboxylic acids is 2. The van der Waals surface area contributed by atoms with Crippen LogP contribution in [0.2, 0.25) is 5.02 Å². The van der Waals surface area contributed by atoms with E-state index in [1.54, 1.807) is 34.0 Å². The van der Waals surface area contributed by atoms with Gasteiger partial charge in [-0.3, -0.25) is 9.59 Å². The van der Waals surface area contributed by atoms with E-state index in [-0.39, 0.29) is 11.8 Å². The normalized spacial score (nSPS) is 14.7. The molecule has 0 saturated carbocycles. The number of nitrogens with zero attached hydrogens (tertiary/aromatic N) is 4. The van der Waals surface area contributed by atoms with E-state index < -0.39 is 0 Å². The first-order valence-electron chi connectivity index (χ1n) is 9.32. The number of piperazine rings is 1. The lowest BCUT2D eigenvalue weighted by molar-refractivity contribution is -0.132. The average Bonchev–Trinajstić information content (AvgIpc) is 3.16. The molecule has 2 heterocycles. The van der Waals surface area contributed by atoms with Crippen molar-refractivity contribution in [3.8, 4) is 5.69 Å². The molecule has 0 N–H and O–H groups in total. The van der Waals surface area contributed by atoms with Gasteiger partial charge in [0.05, 0.1) is 5.69 Å². The molecule has 1 aliphatic heterocycles. The van der Waals surface area contributed by atoms with Crippen LogP contribution in [-0.4, -0.2) is 57.6 Å². The number of amides is 2. The molecule has 1 fully saturated rings. The number of halogens is 1. The first-order valence-corrected chi connectivity index (χ1v) is 9.70. The van der Waals surface area contributed by atoms with Crippen molar-refractivity contribution in [3.63, 3.8) is 0 Å². The van der Waals surface area contributed by atoms with Crippen LogP contribution in [0, 0.1) is 5.92 Å². The predicted molar refractivity (Wildman–Crippen MR) is 105 cm³/mol. The summed E-state index contributed by atoms with van der Waals surface area (Å²) in [6.45, 7) is 6.47. The summed E-state index contributed by atoms with van der Waals surface area (Å²) in [5.74, 6) is 0.595. The van der Waals surface area contributed by atoms with E-state index in [0.29, 0.717) is 49.2 Å². The lowest BCUT2D eigenvalue weighted by Gasteiger charge is -2.34. The molecule has 0 bridgehead atoms. The Bertz CT molecular complexity index is 810. The predicted octanol–water partition coefficient (Wildman–Crippen LogP) is 3.25. The highest BCUT2D eigenvalue weighted by molar-refractivity contribution is 6.30. The molecule has 1 aromatic carbocycles. The first-order chi connectivity index (χ1) is 12.9. The van der Waals surface area contributed by atoms with Crippen molar-refractivity contribution in [2.45, 2.75) is 26.7 Å². The second-order valence-corrected chi connectivity index (χ2v) is 7.67. The molecule has 0 unspecified atom stereocenters. The van der Waals surface area contributed by atoms with Crippen LogP contribution in [0.1, 0.15) is 37.2 Å². The Kier molecular flexibility index (Phi) is 6.16. The summed E-state index contributed by atoms with van der Waals surface area (Å²) in [5, 5.41) is 5.01. The molecule has 7 heteroatoms. The van der Waals surface area contributed by atoms with Crippen LogP contribution in [0.25, 0.3) is 5.69 Å². The van der Waals surface area contributed by atoms with Gasteiger partial charge in [0.25, 0.3) is 5.91 Å². The van der Waals surface area contributed by atoms with Crippen LogP contribution in [0.15, 0.2) is 36.5 Å². The number of hydrogen-bond acceptors (Lipinski definition) is 3. The average molecular weight is 389 g/mol. The van der Waals surface area contributed by atoms with Crippen molar-refractivity contribution in [1.82, 2.24) is 19.6 Å². The van der Waals surface area contributed by atoms with Crippen LogP contribution >= 0.6 is 11.6 Å². The topological polar surface area (TPSA) is 58.4 Å². The van der Waals surface area contributed by atoms with Crippen LogP contribution in [0.5, 0.6) is 0 Å². The fraction of sp³-hybridized carbons (Fsp3) is 0.450. The van der Waals surface area contributed by atoms with Crippen molar-refractivity contribution in [2.75, 3.05) is 26.2 Å². The number of benzene rings is 1. The standard InChI is InChI=1S/C20H25ClN4O2/c1-15(2)6-7-19(26)23-10-12-24(13-11-23)20(27)18-8-9-25(22-18)17-5-3-4-16(21)14-17/h3-5,8-9,14-15H,6-7,10-13H2,1-2H3. The fourth-order valence-electron chi connectivity index (χ4n) is 3.09. The Morgan fingerprint density at radius 1 is 1.11 bits per heavy atom. The summed E-state index contributed by atoms with van der Waals surface area (Å²) in [6, 6.07) is 9.03. The highest BCUT2D eigenvalue weighted by Crippen LogP contribution is 2.16. The van der Waals surface area contributed by atoms with Gasteiger partial charge >= 0.3 is 0 Å². The molecule has 2 amide bonds. The van der Waals surface area contributed by atoms with Crippen molar-refractivity contribution in [3.05, 3.63) is 47.2 Å². The maximum absolute atomic E-state index is 12.7. The number of carbonyl (C=O) groups is 2. The maximum atomic E-state index is 12.7. The lowest BCUT2D eigenvalue weighted by Crippen LogP contribution is -2.50. The summed E-state index contributed by atoms with van der Waals surface area (Å²) in [6.07, 6.45) is 3.24. The Morgan fingerprint density at radius 2 is 1.81 bits per heavy atom. The molecule has 3 rings (SSSR count). The van der Waals surface area contributed by atoms with Gasteiger partial charge in [-0.2, -0.15) is 5.10 Å². The zero-order valence-corrected chi connectivity index (χ0v) is 16.5. The highest BCUT2D eigenvalue weighted by Gasteiger charge is 2.26. The van der Waals surface area contributed by atoms with E-state index in [1.165, 1.54) is 0 Å². The van der Waals surface area contributed by atoms with Crippen LogP contribution in [-0.2, 0) is 4.79 Å². The Morgan fingerprint density at radius 3 is 2.48 bits per heavy atom. The van der Waals surface area contributed by atoms with E-state index in [4.69, 9.17) is 11.6 Å². The Balaban J connectivity index is 1.58.